The van der Waals surface area contributed by atoms with Crippen LogP contribution in [0.5, 0.6) is 0 Å². The number of nitrogens with one attached hydrogen (secondary N) is 1. The topological polar surface area (TPSA) is 84.2 Å². The summed E-state index contributed by atoms with van der Waals surface area (Å²) in [6, 6.07) is 9.48. The zero-order chi connectivity index (χ0) is 18.6. The quantitative estimate of drug-likeness (QED) is 0.803. The van der Waals surface area contributed by atoms with Crippen LogP contribution in [0, 0.1) is 13.8 Å². The highest BCUT2D eigenvalue weighted by Gasteiger charge is 2.21. The second-order valence-electron chi connectivity index (χ2n) is 6.54. The van der Waals surface area contributed by atoms with Crippen LogP contribution in [0.3, 0.4) is 0 Å². The largest absolute Gasteiger partial charge is 0.481 e. The number of aliphatic carboxylic acids is 1. The molecule has 0 aliphatic heterocycles. The lowest BCUT2D eigenvalue weighted by Gasteiger charge is -2.15. The molecule has 0 fully saturated rings. The number of carboxylic acids is 1. The number of hydrogen-bond acceptors (Lipinski definition) is 3. The van der Waals surface area contributed by atoms with Gasteiger partial charge in [0.2, 0.25) is 5.91 Å². The predicted octanol–water partition coefficient (Wildman–Crippen LogP) is 3.67. The van der Waals surface area contributed by atoms with Gasteiger partial charge in [0.25, 0.3) is 0 Å². The Balaban J connectivity index is 2.16. The van der Waals surface area contributed by atoms with Crippen molar-refractivity contribution in [3.05, 3.63) is 47.3 Å². The van der Waals surface area contributed by atoms with E-state index in [2.05, 4.69) is 10.4 Å². The minimum Gasteiger partial charge on any atom is -0.481 e. The molecule has 0 saturated heterocycles. The Kier molecular flexibility index (Phi) is 5.96. The molecule has 1 aromatic carbocycles. The number of carbonyl (C=O) groups is 2. The van der Waals surface area contributed by atoms with Crippen molar-refractivity contribution in [3.8, 4) is 0 Å². The van der Waals surface area contributed by atoms with Crippen LogP contribution in [-0.4, -0.2) is 26.8 Å². The Morgan fingerprint density at radius 2 is 1.80 bits per heavy atom. The van der Waals surface area contributed by atoms with Gasteiger partial charge in [-0.25, -0.2) is 0 Å². The molecule has 0 spiro atoms. The summed E-state index contributed by atoms with van der Waals surface area (Å²) >= 11 is 0. The van der Waals surface area contributed by atoms with Crippen molar-refractivity contribution in [2.75, 3.05) is 5.32 Å². The number of rotatable bonds is 7. The summed E-state index contributed by atoms with van der Waals surface area (Å²) in [6.45, 7) is 7.83. The maximum absolute atomic E-state index is 12.5. The Labute approximate surface area is 147 Å². The molecule has 0 saturated carbocycles. The van der Waals surface area contributed by atoms with Gasteiger partial charge in [-0.15, -0.1) is 0 Å². The van der Waals surface area contributed by atoms with E-state index in [1.54, 1.807) is 0 Å². The van der Waals surface area contributed by atoms with Gasteiger partial charge in [-0.1, -0.05) is 30.3 Å². The number of aryl methyl sites for hydroxylation is 1. The van der Waals surface area contributed by atoms with E-state index in [-0.39, 0.29) is 30.7 Å². The number of aromatic nitrogens is 2. The minimum absolute atomic E-state index is 0.0827. The van der Waals surface area contributed by atoms with Crippen LogP contribution in [0.15, 0.2) is 30.3 Å². The summed E-state index contributed by atoms with van der Waals surface area (Å²) < 4.78 is 1.87. The molecule has 6 nitrogen and oxygen atoms in total. The highest BCUT2D eigenvalue weighted by molar-refractivity contribution is 5.92. The van der Waals surface area contributed by atoms with E-state index in [0.717, 1.165) is 17.0 Å². The molecule has 2 rings (SSSR count). The monoisotopic (exact) mass is 343 g/mol. The second kappa shape index (κ2) is 7.96. The van der Waals surface area contributed by atoms with Crippen LogP contribution in [0.1, 0.15) is 55.6 Å². The maximum Gasteiger partial charge on any atom is 0.303 e. The van der Waals surface area contributed by atoms with Crippen molar-refractivity contribution in [1.29, 1.82) is 0 Å². The average Bonchev–Trinajstić information content (AvgIpc) is 2.83. The summed E-state index contributed by atoms with van der Waals surface area (Å²) in [5, 5.41) is 16.5. The standard InChI is InChI=1S/C19H25N3O3/c1-12(2)22-14(4)19(13(3)21-22)20-17(23)10-16(11-18(24)25)15-8-6-5-7-9-15/h5-9,12,16H,10-11H2,1-4H3,(H,20,23)(H,24,25). The molecular formula is C19H25N3O3. The molecule has 2 aromatic rings. The molecule has 134 valence electrons. The lowest BCUT2D eigenvalue weighted by atomic mass is 9.92. The fourth-order valence-electron chi connectivity index (χ4n) is 3.00. The zero-order valence-electron chi connectivity index (χ0n) is 15.1. The average molecular weight is 343 g/mol. The van der Waals surface area contributed by atoms with Gasteiger partial charge in [0.15, 0.2) is 0 Å². The number of amides is 1. The number of carbonyl (C=O) groups excluding carboxylic acids is 1. The molecule has 1 amide bonds. The maximum atomic E-state index is 12.5. The molecule has 1 aromatic heterocycles. The summed E-state index contributed by atoms with van der Waals surface area (Å²) in [7, 11) is 0. The van der Waals surface area contributed by atoms with Crippen molar-refractivity contribution in [1.82, 2.24) is 9.78 Å². The van der Waals surface area contributed by atoms with Crippen LogP contribution in [0.4, 0.5) is 5.69 Å². The lowest BCUT2D eigenvalue weighted by Crippen LogP contribution is -2.18. The van der Waals surface area contributed by atoms with E-state index in [0.29, 0.717) is 5.69 Å². The van der Waals surface area contributed by atoms with Gasteiger partial charge in [-0.2, -0.15) is 5.10 Å². The third-order valence-corrected chi connectivity index (χ3v) is 4.20. The Morgan fingerprint density at radius 3 is 2.32 bits per heavy atom. The Hall–Kier alpha value is -2.63. The lowest BCUT2D eigenvalue weighted by molar-refractivity contribution is -0.137. The molecule has 0 bridgehead atoms. The molecule has 0 radical (unpaired) electrons. The van der Waals surface area contributed by atoms with E-state index in [9.17, 15) is 9.59 Å². The van der Waals surface area contributed by atoms with Crippen molar-refractivity contribution < 1.29 is 14.7 Å². The summed E-state index contributed by atoms with van der Waals surface area (Å²) in [5.41, 5.74) is 3.22. The number of nitrogens with zero attached hydrogens (tertiary/aromatic N) is 2. The van der Waals surface area contributed by atoms with E-state index in [1.807, 2.05) is 62.7 Å². The van der Waals surface area contributed by atoms with E-state index in [1.165, 1.54) is 0 Å². The molecule has 0 aliphatic rings. The van der Waals surface area contributed by atoms with Crippen LogP contribution in [0.2, 0.25) is 0 Å². The second-order valence-corrected chi connectivity index (χ2v) is 6.54. The van der Waals surface area contributed by atoms with Gasteiger partial charge in [0.05, 0.1) is 23.5 Å². The first-order valence-electron chi connectivity index (χ1n) is 8.41. The van der Waals surface area contributed by atoms with Crippen molar-refractivity contribution >= 4 is 17.6 Å². The normalized spacial score (nSPS) is 12.2. The number of anilines is 1. The van der Waals surface area contributed by atoms with Gasteiger partial charge in [0.1, 0.15) is 0 Å². The molecule has 1 heterocycles. The fraction of sp³-hybridized carbons (Fsp3) is 0.421. The molecule has 2 N–H and O–H groups in total. The van der Waals surface area contributed by atoms with Crippen molar-refractivity contribution in [3.63, 3.8) is 0 Å². The van der Waals surface area contributed by atoms with Gasteiger partial charge in [0, 0.05) is 18.4 Å². The van der Waals surface area contributed by atoms with Gasteiger partial charge >= 0.3 is 5.97 Å². The summed E-state index contributed by atoms with van der Waals surface area (Å²) in [6.07, 6.45) is 0.0305. The first-order chi connectivity index (χ1) is 11.8. The van der Waals surface area contributed by atoms with Crippen LogP contribution in [0.25, 0.3) is 0 Å². The zero-order valence-corrected chi connectivity index (χ0v) is 15.1. The Bertz CT molecular complexity index is 751. The molecule has 6 heteroatoms. The van der Waals surface area contributed by atoms with Crippen molar-refractivity contribution in [2.45, 2.75) is 52.5 Å². The minimum atomic E-state index is -0.915. The highest BCUT2D eigenvalue weighted by Crippen LogP contribution is 2.26. The van der Waals surface area contributed by atoms with Gasteiger partial charge < -0.3 is 10.4 Å². The van der Waals surface area contributed by atoms with Crippen molar-refractivity contribution in [2.24, 2.45) is 0 Å². The molecule has 1 atom stereocenters. The molecule has 1 unspecified atom stereocenters. The fourth-order valence-corrected chi connectivity index (χ4v) is 3.00. The smallest absolute Gasteiger partial charge is 0.303 e. The van der Waals surface area contributed by atoms with E-state index in [4.69, 9.17) is 5.11 Å². The van der Waals surface area contributed by atoms with Gasteiger partial charge in [-0.3, -0.25) is 14.3 Å². The van der Waals surface area contributed by atoms with Crippen LogP contribution >= 0.6 is 0 Å². The SMILES string of the molecule is Cc1nn(C(C)C)c(C)c1NC(=O)CC(CC(=O)O)c1ccccc1. The molecule has 0 aliphatic carbocycles. The van der Waals surface area contributed by atoms with Crippen LogP contribution < -0.4 is 5.32 Å². The first-order valence-corrected chi connectivity index (χ1v) is 8.41. The first kappa shape index (κ1) is 18.7. The van der Waals surface area contributed by atoms with E-state index < -0.39 is 5.97 Å². The number of hydrogen-bond donors (Lipinski definition) is 2. The highest BCUT2D eigenvalue weighted by atomic mass is 16.4. The third-order valence-electron chi connectivity index (χ3n) is 4.20. The third kappa shape index (κ3) is 4.68. The molecule has 25 heavy (non-hydrogen) atoms. The number of carboxylic acid groups (broad SMARTS) is 1. The predicted molar refractivity (Wildman–Crippen MR) is 96.8 cm³/mol. The van der Waals surface area contributed by atoms with Gasteiger partial charge in [-0.05, 0) is 33.3 Å². The Morgan fingerprint density at radius 1 is 1.16 bits per heavy atom. The number of benzene rings is 1. The van der Waals surface area contributed by atoms with Crippen LogP contribution in [-0.2, 0) is 9.59 Å². The summed E-state index contributed by atoms with van der Waals surface area (Å²) in [4.78, 5) is 23.7. The summed E-state index contributed by atoms with van der Waals surface area (Å²) in [5.74, 6) is -1.48. The van der Waals surface area contributed by atoms with E-state index >= 15 is 0 Å². The molecular weight excluding hydrogens is 318 g/mol.